The second-order valence-corrected chi connectivity index (χ2v) is 13.2. The Balaban J connectivity index is 2.28. The van der Waals surface area contributed by atoms with Crippen molar-refractivity contribution in [1.29, 1.82) is 0 Å². The minimum Gasteiger partial charge on any atom is -0.470 e. The van der Waals surface area contributed by atoms with Crippen LogP contribution in [0.4, 0.5) is 18.9 Å². The molecule has 30 heavy (non-hydrogen) atoms. The number of nitroso groups, excluding NO2 is 1. The van der Waals surface area contributed by atoms with Gasteiger partial charge in [-0.05, 0) is 30.3 Å². The summed E-state index contributed by atoms with van der Waals surface area (Å²) in [4.78, 5) is 15.8. The van der Waals surface area contributed by atoms with Gasteiger partial charge < -0.3 is 9.16 Å². The predicted molar refractivity (Wildman–Crippen MR) is 111 cm³/mol. The molecule has 0 aliphatic heterocycles. The highest BCUT2D eigenvalue weighted by Gasteiger charge is 2.37. The Morgan fingerprint density at radius 2 is 1.70 bits per heavy atom. The number of pyridine rings is 1. The number of nitrogens with two attached hydrogens (primary N) is 1. The van der Waals surface area contributed by atoms with Crippen molar-refractivity contribution in [1.82, 2.24) is 4.98 Å². The van der Waals surface area contributed by atoms with E-state index in [9.17, 15) is 18.1 Å². The molecule has 6 nitrogen and oxygen atoms in total. The lowest BCUT2D eigenvalue weighted by Gasteiger charge is -2.36. The SMILES string of the molecule is CC(C)(C)[Si](C)(C)OCCOc1nc(-c2ccccc2C(F)(F)F)ccc1[N+](N)=O. The van der Waals surface area contributed by atoms with Gasteiger partial charge in [-0.2, -0.15) is 19.0 Å². The number of hydrogen-bond donors (Lipinski definition) is 1. The quantitative estimate of drug-likeness (QED) is 0.203. The van der Waals surface area contributed by atoms with Gasteiger partial charge in [0.05, 0.1) is 22.8 Å². The Morgan fingerprint density at radius 1 is 1.07 bits per heavy atom. The molecule has 0 saturated heterocycles. The maximum atomic E-state index is 13.3. The van der Waals surface area contributed by atoms with Gasteiger partial charge in [-0.15, -0.1) is 0 Å². The standard InChI is InChI=1S/C20H27F3N3O3Si/c1-19(2,3)30(4,5)29-13-12-28-18-17(26(24)27)11-10-16(25-18)14-8-6-7-9-15(14)20(21,22)23/h6-11H,12-13H2,1-5H3,(H2,24,27)/q+1. The number of ether oxygens (including phenoxy) is 1. The number of halogens is 3. The molecule has 0 fully saturated rings. The first-order valence-corrected chi connectivity index (χ1v) is 12.3. The van der Waals surface area contributed by atoms with Gasteiger partial charge in [-0.1, -0.05) is 39.0 Å². The van der Waals surface area contributed by atoms with Crippen LogP contribution in [0.15, 0.2) is 36.4 Å². The Kier molecular flexibility index (Phi) is 6.93. The number of rotatable bonds is 7. The summed E-state index contributed by atoms with van der Waals surface area (Å²) in [6.07, 6.45) is -4.55. The van der Waals surface area contributed by atoms with Gasteiger partial charge in [0.25, 0.3) is 5.88 Å². The molecule has 1 aromatic heterocycles. The second kappa shape index (κ2) is 8.72. The average Bonchev–Trinajstić information content (AvgIpc) is 2.63. The van der Waals surface area contributed by atoms with Gasteiger partial charge in [0.15, 0.2) is 13.2 Å². The average molecular weight is 443 g/mol. The molecule has 2 rings (SSSR count). The van der Waals surface area contributed by atoms with Crippen molar-refractivity contribution >= 4 is 14.0 Å². The van der Waals surface area contributed by atoms with Crippen molar-refractivity contribution in [3.63, 3.8) is 0 Å². The van der Waals surface area contributed by atoms with Crippen LogP contribution >= 0.6 is 0 Å². The molecular weight excluding hydrogens is 415 g/mol. The molecule has 0 spiro atoms. The molecule has 1 heterocycles. The number of nitrogens with zero attached hydrogens (tertiary/aromatic N) is 2. The van der Waals surface area contributed by atoms with Gasteiger partial charge in [0, 0.05) is 11.6 Å². The van der Waals surface area contributed by atoms with Crippen LogP contribution in [0.2, 0.25) is 18.1 Å². The third-order valence-electron chi connectivity index (χ3n) is 5.18. The molecule has 164 valence electrons. The van der Waals surface area contributed by atoms with E-state index in [1.165, 1.54) is 30.3 Å². The molecule has 0 aliphatic carbocycles. The van der Waals surface area contributed by atoms with E-state index in [0.717, 1.165) is 6.07 Å². The summed E-state index contributed by atoms with van der Waals surface area (Å²) in [7, 11) is -1.99. The van der Waals surface area contributed by atoms with Crippen LogP contribution in [0.25, 0.3) is 11.3 Å². The summed E-state index contributed by atoms with van der Waals surface area (Å²) in [5, 5.41) is 0.0146. The molecule has 0 unspecified atom stereocenters. The molecule has 0 saturated carbocycles. The van der Waals surface area contributed by atoms with Crippen molar-refractivity contribution < 1.29 is 27.2 Å². The number of aromatic nitrogens is 1. The van der Waals surface area contributed by atoms with E-state index in [-0.39, 0.29) is 45.9 Å². The van der Waals surface area contributed by atoms with Crippen LogP contribution < -0.4 is 10.6 Å². The molecular formula is C20H27F3N3O3Si+. The summed E-state index contributed by atoms with van der Waals surface area (Å²) in [5.74, 6) is 5.13. The third-order valence-corrected chi connectivity index (χ3v) is 9.72. The Hall–Kier alpha value is -2.46. The van der Waals surface area contributed by atoms with Crippen molar-refractivity contribution in [3.05, 3.63) is 46.9 Å². The van der Waals surface area contributed by atoms with Gasteiger partial charge in [0.2, 0.25) is 0 Å². The second-order valence-electron chi connectivity index (χ2n) is 8.35. The fraction of sp³-hybridized carbons (Fsp3) is 0.450. The number of benzene rings is 1. The molecule has 1 aromatic carbocycles. The minimum atomic E-state index is -4.55. The van der Waals surface area contributed by atoms with E-state index in [2.05, 4.69) is 38.8 Å². The molecule has 2 aromatic rings. The zero-order valence-electron chi connectivity index (χ0n) is 17.7. The monoisotopic (exact) mass is 442 g/mol. The van der Waals surface area contributed by atoms with Crippen LogP contribution in [0.1, 0.15) is 26.3 Å². The maximum Gasteiger partial charge on any atom is 0.417 e. The largest absolute Gasteiger partial charge is 0.470 e. The van der Waals surface area contributed by atoms with Gasteiger partial charge >= 0.3 is 11.9 Å². The van der Waals surface area contributed by atoms with E-state index in [1.807, 2.05) is 0 Å². The van der Waals surface area contributed by atoms with Gasteiger partial charge in [-0.25, -0.2) is 4.98 Å². The van der Waals surface area contributed by atoms with E-state index >= 15 is 0 Å². The number of alkyl halides is 3. The zero-order chi connectivity index (χ0) is 22.7. The zero-order valence-corrected chi connectivity index (χ0v) is 18.7. The fourth-order valence-electron chi connectivity index (χ4n) is 2.46. The minimum absolute atomic E-state index is 0.0146. The van der Waals surface area contributed by atoms with Gasteiger partial charge in [-0.3, -0.25) is 0 Å². The molecule has 0 aliphatic rings. The molecule has 0 amide bonds. The lowest BCUT2D eigenvalue weighted by atomic mass is 10.0. The van der Waals surface area contributed by atoms with Crippen molar-refractivity contribution in [3.8, 4) is 17.1 Å². The van der Waals surface area contributed by atoms with E-state index in [4.69, 9.17) is 15.0 Å². The third kappa shape index (κ3) is 5.57. The normalized spacial score (nSPS) is 12.7. The smallest absolute Gasteiger partial charge is 0.417 e. The Morgan fingerprint density at radius 3 is 2.27 bits per heavy atom. The first-order chi connectivity index (χ1) is 13.7. The van der Waals surface area contributed by atoms with Crippen LogP contribution in [0.3, 0.4) is 0 Å². The Labute approximate surface area is 174 Å². The van der Waals surface area contributed by atoms with Gasteiger partial charge in [0.1, 0.15) is 6.61 Å². The first-order valence-electron chi connectivity index (χ1n) is 9.40. The Bertz CT molecular complexity index is 912. The topological polar surface area (TPSA) is 77.4 Å². The highest BCUT2D eigenvalue weighted by molar-refractivity contribution is 6.74. The highest BCUT2D eigenvalue weighted by atomic mass is 28.4. The van der Waals surface area contributed by atoms with E-state index in [0.29, 0.717) is 0 Å². The molecule has 0 bridgehead atoms. The summed E-state index contributed by atoms with van der Waals surface area (Å²) in [6, 6.07) is 7.66. The van der Waals surface area contributed by atoms with Crippen LogP contribution in [-0.2, 0) is 10.6 Å². The first kappa shape index (κ1) is 23.8. The molecule has 2 N–H and O–H groups in total. The molecule has 0 radical (unpaired) electrons. The summed E-state index contributed by atoms with van der Waals surface area (Å²) >= 11 is 0. The summed E-state index contributed by atoms with van der Waals surface area (Å²) < 4.78 is 51.6. The fourth-order valence-corrected chi connectivity index (χ4v) is 3.49. The highest BCUT2D eigenvalue weighted by Crippen LogP contribution is 2.38. The number of hydrazine groups is 1. The summed E-state index contributed by atoms with van der Waals surface area (Å²) in [5.41, 5.74) is -1.01. The van der Waals surface area contributed by atoms with Crippen LogP contribution in [0.5, 0.6) is 5.88 Å². The van der Waals surface area contributed by atoms with E-state index in [1.54, 1.807) is 0 Å². The van der Waals surface area contributed by atoms with Crippen molar-refractivity contribution in [2.45, 2.75) is 45.1 Å². The van der Waals surface area contributed by atoms with Crippen LogP contribution in [0, 0.1) is 4.91 Å². The predicted octanol–water partition coefficient (Wildman–Crippen LogP) is 5.45. The molecule has 0 atom stereocenters. The van der Waals surface area contributed by atoms with Crippen molar-refractivity contribution in [2.24, 2.45) is 5.84 Å². The number of hydrogen-bond acceptors (Lipinski definition) is 4. The van der Waals surface area contributed by atoms with Crippen molar-refractivity contribution in [2.75, 3.05) is 13.2 Å². The lowest BCUT2D eigenvalue weighted by molar-refractivity contribution is -0.475. The van der Waals surface area contributed by atoms with Crippen LogP contribution in [-0.4, -0.2) is 31.4 Å². The van der Waals surface area contributed by atoms with E-state index < -0.39 is 20.1 Å². The summed E-state index contributed by atoms with van der Waals surface area (Å²) in [6.45, 7) is 10.8. The maximum absolute atomic E-state index is 13.3. The molecule has 10 heteroatoms. The lowest BCUT2D eigenvalue weighted by Crippen LogP contribution is -2.41.